The first-order valence-corrected chi connectivity index (χ1v) is 7.45. The third-order valence-corrected chi connectivity index (χ3v) is 4.37. The van der Waals surface area contributed by atoms with Gasteiger partial charge < -0.3 is 5.11 Å². The van der Waals surface area contributed by atoms with Gasteiger partial charge in [0.2, 0.25) is 11.8 Å². The fraction of sp³-hybridized carbons (Fsp3) is 0.800. The predicted molar refractivity (Wildman–Crippen MR) is 72.7 cm³/mol. The molecule has 1 saturated carbocycles. The zero-order chi connectivity index (χ0) is 14.9. The Bertz CT molecular complexity index is 396. The van der Waals surface area contributed by atoms with Crippen LogP contribution in [0.15, 0.2) is 0 Å². The molecule has 2 aliphatic rings. The average Bonchev–Trinajstić information content (AvgIpc) is 2.77. The Balaban J connectivity index is 2.06. The van der Waals surface area contributed by atoms with Gasteiger partial charge in [0, 0.05) is 24.8 Å². The van der Waals surface area contributed by atoms with Crippen LogP contribution in [0.25, 0.3) is 0 Å². The number of piperidine rings is 1. The van der Waals surface area contributed by atoms with Crippen molar-refractivity contribution >= 4 is 17.8 Å². The highest BCUT2D eigenvalue weighted by molar-refractivity contribution is 6.00. The number of carbonyl (C=O) groups is 3. The maximum atomic E-state index is 12.3. The van der Waals surface area contributed by atoms with Gasteiger partial charge in [-0.3, -0.25) is 19.3 Å². The number of likely N-dealkylation sites (tertiary alicyclic amines) is 1. The Morgan fingerprint density at radius 3 is 2.25 bits per heavy atom. The van der Waals surface area contributed by atoms with Gasteiger partial charge in [0.15, 0.2) is 0 Å². The summed E-state index contributed by atoms with van der Waals surface area (Å²) in [5.41, 5.74) is 0. The molecule has 112 valence electrons. The summed E-state index contributed by atoms with van der Waals surface area (Å²) in [6.07, 6.45) is 3.05. The molecule has 5 nitrogen and oxygen atoms in total. The number of carbonyl (C=O) groups excluding carboxylic acids is 2. The predicted octanol–water partition coefficient (Wildman–Crippen LogP) is 1.91. The molecule has 2 amide bonds. The minimum atomic E-state index is -0.865. The van der Waals surface area contributed by atoms with Crippen LogP contribution in [0, 0.1) is 23.7 Å². The molecule has 1 aliphatic carbocycles. The molecule has 1 N–H and O–H groups in total. The number of imide groups is 1. The van der Waals surface area contributed by atoms with Crippen LogP contribution in [0.3, 0.4) is 0 Å². The first-order valence-electron chi connectivity index (χ1n) is 7.45. The lowest BCUT2D eigenvalue weighted by Gasteiger charge is -2.32. The lowest BCUT2D eigenvalue weighted by atomic mass is 9.91. The molecule has 0 aromatic rings. The Morgan fingerprint density at radius 1 is 1.25 bits per heavy atom. The van der Waals surface area contributed by atoms with Crippen LogP contribution in [0.5, 0.6) is 0 Å². The standard InChI is InChI=1S/C15H23NO4/c1-9(2)5-10(6-13(17)18)8-16-14(19)11-3-4-12(7-11)15(16)20/h9-12H,3-8H2,1-2H3,(H,17,18). The minimum Gasteiger partial charge on any atom is -0.481 e. The van der Waals surface area contributed by atoms with Gasteiger partial charge in [-0.25, -0.2) is 0 Å². The van der Waals surface area contributed by atoms with Crippen LogP contribution in [0.1, 0.15) is 46.0 Å². The van der Waals surface area contributed by atoms with Crippen molar-refractivity contribution in [1.29, 1.82) is 0 Å². The molecule has 2 bridgehead atoms. The zero-order valence-corrected chi connectivity index (χ0v) is 12.2. The Morgan fingerprint density at radius 2 is 1.80 bits per heavy atom. The molecule has 1 heterocycles. The van der Waals surface area contributed by atoms with Crippen LogP contribution in [-0.4, -0.2) is 34.3 Å². The topological polar surface area (TPSA) is 74.7 Å². The molecule has 20 heavy (non-hydrogen) atoms. The van der Waals surface area contributed by atoms with Gasteiger partial charge in [-0.2, -0.15) is 0 Å². The van der Waals surface area contributed by atoms with Crippen molar-refractivity contribution in [3.63, 3.8) is 0 Å². The molecule has 3 unspecified atom stereocenters. The SMILES string of the molecule is CC(C)CC(CC(=O)O)CN1C(=O)C2CCC(C2)C1=O. The summed E-state index contributed by atoms with van der Waals surface area (Å²) in [4.78, 5) is 36.8. The molecule has 3 atom stereocenters. The molecular formula is C15H23NO4. The summed E-state index contributed by atoms with van der Waals surface area (Å²) in [5, 5.41) is 8.99. The number of amides is 2. The first kappa shape index (κ1) is 15.0. The van der Waals surface area contributed by atoms with E-state index in [-0.39, 0.29) is 42.5 Å². The molecule has 5 heteroatoms. The Kier molecular flexibility index (Phi) is 4.45. The summed E-state index contributed by atoms with van der Waals surface area (Å²) in [5.74, 6) is -0.838. The number of carboxylic acid groups (broad SMARTS) is 1. The van der Waals surface area contributed by atoms with Crippen LogP contribution in [0.2, 0.25) is 0 Å². The van der Waals surface area contributed by atoms with Crippen LogP contribution >= 0.6 is 0 Å². The highest BCUT2D eigenvalue weighted by Crippen LogP contribution is 2.38. The second kappa shape index (κ2) is 5.94. The molecule has 1 aliphatic heterocycles. The third-order valence-electron chi connectivity index (χ3n) is 4.37. The van der Waals surface area contributed by atoms with Gasteiger partial charge >= 0.3 is 5.97 Å². The summed E-state index contributed by atoms with van der Waals surface area (Å²) in [6, 6.07) is 0. The van der Waals surface area contributed by atoms with Crippen LogP contribution in [-0.2, 0) is 14.4 Å². The van der Waals surface area contributed by atoms with E-state index in [2.05, 4.69) is 0 Å². The molecule has 1 saturated heterocycles. The number of hydrogen-bond acceptors (Lipinski definition) is 3. The van der Waals surface area contributed by atoms with Crippen molar-refractivity contribution in [2.75, 3.05) is 6.54 Å². The molecule has 0 radical (unpaired) electrons. The highest BCUT2D eigenvalue weighted by Gasteiger charge is 2.45. The molecule has 2 rings (SSSR count). The van der Waals surface area contributed by atoms with E-state index < -0.39 is 5.97 Å². The van der Waals surface area contributed by atoms with Gasteiger partial charge in [0.1, 0.15) is 0 Å². The average molecular weight is 281 g/mol. The highest BCUT2D eigenvalue weighted by atomic mass is 16.4. The van der Waals surface area contributed by atoms with E-state index >= 15 is 0 Å². The number of aliphatic carboxylic acids is 1. The van der Waals surface area contributed by atoms with E-state index in [9.17, 15) is 14.4 Å². The number of rotatable bonds is 6. The van der Waals surface area contributed by atoms with E-state index in [4.69, 9.17) is 5.11 Å². The van der Waals surface area contributed by atoms with Crippen molar-refractivity contribution in [1.82, 2.24) is 4.90 Å². The van der Waals surface area contributed by atoms with E-state index in [1.807, 2.05) is 13.8 Å². The van der Waals surface area contributed by atoms with E-state index in [1.165, 1.54) is 4.90 Å². The van der Waals surface area contributed by atoms with Crippen molar-refractivity contribution < 1.29 is 19.5 Å². The van der Waals surface area contributed by atoms with Crippen molar-refractivity contribution in [2.24, 2.45) is 23.7 Å². The zero-order valence-electron chi connectivity index (χ0n) is 12.2. The second-order valence-electron chi connectivity index (χ2n) is 6.59. The maximum absolute atomic E-state index is 12.3. The van der Waals surface area contributed by atoms with E-state index in [1.54, 1.807) is 0 Å². The smallest absolute Gasteiger partial charge is 0.303 e. The second-order valence-corrected chi connectivity index (χ2v) is 6.59. The molecular weight excluding hydrogens is 258 g/mol. The third kappa shape index (κ3) is 3.19. The Hall–Kier alpha value is -1.39. The van der Waals surface area contributed by atoms with Gasteiger partial charge in [0.05, 0.1) is 0 Å². The normalized spacial score (nSPS) is 27.2. The fourth-order valence-electron chi connectivity index (χ4n) is 3.55. The van der Waals surface area contributed by atoms with E-state index in [0.717, 1.165) is 19.3 Å². The van der Waals surface area contributed by atoms with E-state index in [0.29, 0.717) is 12.3 Å². The van der Waals surface area contributed by atoms with Gasteiger partial charge in [0.25, 0.3) is 0 Å². The molecule has 0 aromatic heterocycles. The summed E-state index contributed by atoms with van der Waals surface area (Å²) < 4.78 is 0. The van der Waals surface area contributed by atoms with Crippen molar-refractivity contribution in [3.8, 4) is 0 Å². The number of nitrogens with zero attached hydrogens (tertiary/aromatic N) is 1. The fourth-order valence-corrected chi connectivity index (χ4v) is 3.55. The van der Waals surface area contributed by atoms with Gasteiger partial charge in [-0.05, 0) is 37.5 Å². The lowest BCUT2D eigenvalue weighted by molar-refractivity contribution is -0.154. The molecule has 0 aromatic carbocycles. The number of carboxylic acids is 1. The monoisotopic (exact) mass is 281 g/mol. The van der Waals surface area contributed by atoms with Gasteiger partial charge in [-0.15, -0.1) is 0 Å². The summed E-state index contributed by atoms with van der Waals surface area (Å²) in [6.45, 7) is 4.33. The van der Waals surface area contributed by atoms with Crippen molar-refractivity contribution in [2.45, 2.75) is 46.0 Å². The lowest BCUT2D eigenvalue weighted by Crippen LogP contribution is -2.48. The number of fused-ring (bicyclic) bond motifs is 2. The van der Waals surface area contributed by atoms with Crippen LogP contribution in [0.4, 0.5) is 0 Å². The summed E-state index contributed by atoms with van der Waals surface area (Å²) >= 11 is 0. The van der Waals surface area contributed by atoms with Gasteiger partial charge in [-0.1, -0.05) is 13.8 Å². The molecule has 0 spiro atoms. The summed E-state index contributed by atoms with van der Waals surface area (Å²) in [7, 11) is 0. The van der Waals surface area contributed by atoms with Crippen LogP contribution < -0.4 is 0 Å². The number of hydrogen-bond donors (Lipinski definition) is 1. The quantitative estimate of drug-likeness (QED) is 0.755. The van der Waals surface area contributed by atoms with Crippen molar-refractivity contribution in [3.05, 3.63) is 0 Å². The first-order chi connectivity index (χ1) is 9.38. The largest absolute Gasteiger partial charge is 0.481 e. The maximum Gasteiger partial charge on any atom is 0.303 e. The minimum absolute atomic E-state index is 0.0118. The Labute approximate surface area is 119 Å². The molecule has 2 fully saturated rings.